The molecule has 1 fully saturated rings. The molecule has 0 radical (unpaired) electrons. The lowest BCUT2D eigenvalue weighted by Gasteiger charge is -2.25. The number of fused-ring (bicyclic) bond motifs is 1. The molecule has 1 unspecified atom stereocenters. The Bertz CT molecular complexity index is 1290. The molecule has 2 aromatic carbocycles. The van der Waals surface area contributed by atoms with Crippen molar-refractivity contribution < 1.29 is 14.0 Å². The van der Waals surface area contributed by atoms with Gasteiger partial charge in [-0.2, -0.15) is 0 Å². The van der Waals surface area contributed by atoms with Gasteiger partial charge in [0.1, 0.15) is 5.82 Å². The standard InChI is InChI=1S/C26H24FN5O2/c27-20-11-3-1-8-17(20)23-19-9-2-4-12-22(19)32(26(34)24(28)30-23)16-21-18(10-7-13-29-21)25(33)31-14-5-6-15-31/h1-4,7-13,24H,5-6,14-16,28H2. The molecular formula is C26H24FN5O2. The van der Waals surface area contributed by atoms with Crippen LogP contribution in [-0.4, -0.2) is 46.7 Å². The van der Waals surface area contributed by atoms with E-state index in [0.717, 1.165) is 12.8 Å². The first-order chi connectivity index (χ1) is 16.5. The van der Waals surface area contributed by atoms with Crippen molar-refractivity contribution in [3.63, 3.8) is 0 Å². The lowest BCUT2D eigenvalue weighted by Crippen LogP contribution is -2.42. The first kappa shape index (κ1) is 21.9. The van der Waals surface area contributed by atoms with Gasteiger partial charge < -0.3 is 15.5 Å². The summed E-state index contributed by atoms with van der Waals surface area (Å²) in [5.74, 6) is -1.000. The number of hydrogen-bond acceptors (Lipinski definition) is 5. The van der Waals surface area contributed by atoms with Crippen molar-refractivity contribution in [2.75, 3.05) is 18.0 Å². The molecule has 7 nitrogen and oxygen atoms in total. The SMILES string of the molecule is NC1N=C(c2ccccc2F)c2ccccc2N(Cc2ncccc2C(=O)N2CCCC2)C1=O. The monoisotopic (exact) mass is 457 g/mol. The van der Waals surface area contributed by atoms with Gasteiger partial charge >= 0.3 is 0 Å². The second-order valence-electron chi connectivity index (χ2n) is 8.34. The molecule has 1 saturated heterocycles. The summed E-state index contributed by atoms with van der Waals surface area (Å²) >= 11 is 0. The molecule has 0 aliphatic carbocycles. The van der Waals surface area contributed by atoms with Gasteiger partial charge in [0, 0.05) is 30.4 Å². The van der Waals surface area contributed by atoms with Gasteiger partial charge in [-0.3, -0.25) is 19.6 Å². The van der Waals surface area contributed by atoms with Gasteiger partial charge in [-0.1, -0.05) is 30.3 Å². The zero-order valence-corrected chi connectivity index (χ0v) is 18.5. The van der Waals surface area contributed by atoms with Crippen molar-refractivity contribution in [2.45, 2.75) is 25.6 Å². The molecule has 1 atom stereocenters. The van der Waals surface area contributed by atoms with Crippen molar-refractivity contribution in [1.29, 1.82) is 0 Å². The molecule has 1 aromatic heterocycles. The zero-order valence-electron chi connectivity index (χ0n) is 18.5. The van der Waals surface area contributed by atoms with Crippen LogP contribution in [0.2, 0.25) is 0 Å². The van der Waals surface area contributed by atoms with E-state index in [4.69, 9.17) is 5.73 Å². The Balaban J connectivity index is 1.57. The smallest absolute Gasteiger partial charge is 0.266 e. The van der Waals surface area contributed by atoms with E-state index >= 15 is 0 Å². The fraction of sp³-hybridized carbons (Fsp3) is 0.231. The number of para-hydroxylation sites is 1. The zero-order chi connectivity index (χ0) is 23.7. The van der Waals surface area contributed by atoms with Crippen LogP contribution in [0.25, 0.3) is 0 Å². The van der Waals surface area contributed by atoms with Crippen molar-refractivity contribution in [3.8, 4) is 0 Å². The molecule has 2 N–H and O–H groups in total. The lowest BCUT2D eigenvalue weighted by atomic mass is 9.99. The number of anilines is 1. The van der Waals surface area contributed by atoms with Crippen LogP contribution in [0.3, 0.4) is 0 Å². The van der Waals surface area contributed by atoms with Crippen LogP contribution in [0.4, 0.5) is 10.1 Å². The largest absolute Gasteiger partial charge is 0.339 e. The fourth-order valence-electron chi connectivity index (χ4n) is 4.48. The first-order valence-corrected chi connectivity index (χ1v) is 11.3. The number of rotatable bonds is 4. The lowest BCUT2D eigenvalue weighted by molar-refractivity contribution is -0.119. The number of benzodiazepines with no additional fused rings is 1. The number of halogens is 1. The number of nitrogens with zero attached hydrogens (tertiary/aromatic N) is 4. The maximum atomic E-state index is 14.7. The minimum Gasteiger partial charge on any atom is -0.339 e. The average Bonchev–Trinajstić information content (AvgIpc) is 3.38. The van der Waals surface area contributed by atoms with Crippen molar-refractivity contribution in [2.24, 2.45) is 10.7 Å². The molecule has 8 heteroatoms. The predicted molar refractivity (Wildman–Crippen MR) is 127 cm³/mol. The topological polar surface area (TPSA) is 91.9 Å². The van der Waals surface area contributed by atoms with Gasteiger partial charge in [0.15, 0.2) is 6.17 Å². The predicted octanol–water partition coefficient (Wildman–Crippen LogP) is 3.13. The fourth-order valence-corrected chi connectivity index (χ4v) is 4.48. The average molecular weight is 458 g/mol. The summed E-state index contributed by atoms with van der Waals surface area (Å²) in [6.45, 7) is 1.46. The van der Waals surface area contributed by atoms with Crippen molar-refractivity contribution in [3.05, 3.63) is 95.1 Å². The Morgan fingerprint density at radius 3 is 2.47 bits per heavy atom. The van der Waals surface area contributed by atoms with Crippen LogP contribution < -0.4 is 10.6 Å². The summed E-state index contributed by atoms with van der Waals surface area (Å²) < 4.78 is 14.7. The van der Waals surface area contributed by atoms with E-state index in [9.17, 15) is 14.0 Å². The third-order valence-corrected chi connectivity index (χ3v) is 6.19. The van der Waals surface area contributed by atoms with Gasteiger partial charge in [-0.25, -0.2) is 4.39 Å². The first-order valence-electron chi connectivity index (χ1n) is 11.3. The van der Waals surface area contributed by atoms with E-state index in [0.29, 0.717) is 41.3 Å². The number of amides is 2. The van der Waals surface area contributed by atoms with E-state index in [1.54, 1.807) is 60.8 Å². The highest BCUT2D eigenvalue weighted by Crippen LogP contribution is 2.30. The van der Waals surface area contributed by atoms with Gasteiger partial charge in [0.25, 0.3) is 11.8 Å². The van der Waals surface area contributed by atoms with Gasteiger partial charge in [0.05, 0.1) is 29.2 Å². The summed E-state index contributed by atoms with van der Waals surface area (Å²) in [5.41, 5.74) is 8.81. The van der Waals surface area contributed by atoms with Crippen LogP contribution in [-0.2, 0) is 11.3 Å². The van der Waals surface area contributed by atoms with Crippen molar-refractivity contribution in [1.82, 2.24) is 9.88 Å². The van der Waals surface area contributed by atoms with E-state index in [-0.39, 0.29) is 18.0 Å². The van der Waals surface area contributed by atoms with E-state index < -0.39 is 17.9 Å². The Labute approximate surface area is 196 Å². The number of carbonyl (C=O) groups excluding carboxylic acids is 2. The highest BCUT2D eigenvalue weighted by atomic mass is 19.1. The Kier molecular flexibility index (Phi) is 5.90. The number of aliphatic imine (C=N–C) groups is 1. The molecule has 172 valence electrons. The molecule has 0 bridgehead atoms. The molecule has 5 rings (SSSR count). The summed E-state index contributed by atoms with van der Waals surface area (Å²) in [4.78, 5) is 38.7. The second kappa shape index (κ2) is 9.15. The van der Waals surface area contributed by atoms with Crippen molar-refractivity contribution >= 4 is 23.2 Å². The normalized spacial score (nSPS) is 17.9. The molecule has 0 spiro atoms. The third-order valence-electron chi connectivity index (χ3n) is 6.19. The van der Waals surface area contributed by atoms with Crippen LogP contribution >= 0.6 is 0 Å². The summed E-state index contributed by atoms with van der Waals surface area (Å²) in [5, 5.41) is 0. The highest BCUT2D eigenvalue weighted by molar-refractivity contribution is 6.20. The molecule has 2 aliphatic heterocycles. The van der Waals surface area contributed by atoms with Crippen LogP contribution in [0.15, 0.2) is 71.9 Å². The Morgan fingerprint density at radius 2 is 1.71 bits per heavy atom. The molecule has 2 amide bonds. The van der Waals surface area contributed by atoms with Gasteiger partial charge in [0.2, 0.25) is 0 Å². The second-order valence-corrected chi connectivity index (χ2v) is 8.34. The number of aromatic nitrogens is 1. The maximum Gasteiger partial charge on any atom is 0.266 e. The number of benzene rings is 2. The highest BCUT2D eigenvalue weighted by Gasteiger charge is 2.32. The Morgan fingerprint density at radius 1 is 1.00 bits per heavy atom. The summed E-state index contributed by atoms with van der Waals surface area (Å²) in [6, 6.07) is 16.9. The van der Waals surface area contributed by atoms with E-state index in [1.165, 1.54) is 11.0 Å². The van der Waals surface area contributed by atoms with E-state index in [2.05, 4.69) is 9.98 Å². The summed E-state index contributed by atoms with van der Waals surface area (Å²) in [6.07, 6.45) is 2.32. The van der Waals surface area contributed by atoms with Gasteiger partial charge in [-0.05, 0) is 43.2 Å². The quantitative estimate of drug-likeness (QED) is 0.652. The number of carbonyl (C=O) groups is 2. The molecule has 0 saturated carbocycles. The van der Waals surface area contributed by atoms with Crippen LogP contribution in [0.1, 0.15) is 40.0 Å². The molecule has 2 aliphatic rings. The third kappa shape index (κ3) is 3.97. The molecule has 3 aromatic rings. The number of nitrogens with two attached hydrogens (primary N) is 1. The number of hydrogen-bond donors (Lipinski definition) is 1. The van der Waals surface area contributed by atoms with Crippen LogP contribution in [0.5, 0.6) is 0 Å². The molecule has 3 heterocycles. The summed E-state index contributed by atoms with van der Waals surface area (Å²) in [7, 11) is 0. The van der Waals surface area contributed by atoms with Crippen LogP contribution in [0, 0.1) is 5.82 Å². The van der Waals surface area contributed by atoms with Gasteiger partial charge in [-0.15, -0.1) is 0 Å². The molecular weight excluding hydrogens is 433 g/mol. The number of likely N-dealkylation sites (tertiary alicyclic amines) is 1. The maximum absolute atomic E-state index is 14.7. The molecule has 34 heavy (non-hydrogen) atoms. The minimum absolute atomic E-state index is 0.0410. The minimum atomic E-state index is -1.23. The number of pyridine rings is 1. The van der Waals surface area contributed by atoms with E-state index in [1.807, 2.05) is 4.90 Å². The Hall–Kier alpha value is -3.91.